The molecule has 0 atom stereocenters. The zero-order valence-corrected chi connectivity index (χ0v) is 17.3. The number of benzene rings is 2. The normalized spacial score (nSPS) is 11.3. The van der Waals surface area contributed by atoms with Gasteiger partial charge in [-0.15, -0.1) is 0 Å². The Balaban J connectivity index is 1.77. The Morgan fingerprint density at radius 2 is 1.93 bits per heavy atom. The predicted octanol–water partition coefficient (Wildman–Crippen LogP) is 4.84. The predicted molar refractivity (Wildman–Crippen MR) is 113 cm³/mol. The molecule has 1 aromatic heterocycles. The highest BCUT2D eigenvalue weighted by atomic mass is 32.1. The molecule has 0 fully saturated rings. The fourth-order valence-electron chi connectivity index (χ4n) is 2.64. The van der Waals surface area contributed by atoms with Crippen molar-refractivity contribution >= 4 is 18.4 Å². The fraction of sp³-hybridized carbons (Fsp3) is 0.286. The smallest absolute Gasteiger partial charge is 0.216 e. The summed E-state index contributed by atoms with van der Waals surface area (Å²) in [5, 5.41) is 11.5. The van der Waals surface area contributed by atoms with Gasteiger partial charge >= 0.3 is 0 Å². The number of ether oxygens (including phenoxy) is 2. The van der Waals surface area contributed by atoms with Gasteiger partial charge in [0.15, 0.2) is 17.3 Å². The molecule has 3 aromatic rings. The zero-order chi connectivity index (χ0) is 20.1. The lowest BCUT2D eigenvalue weighted by Gasteiger charge is -2.11. The van der Waals surface area contributed by atoms with Gasteiger partial charge in [0.1, 0.15) is 6.61 Å². The molecule has 0 radical (unpaired) electrons. The second kappa shape index (κ2) is 8.84. The van der Waals surface area contributed by atoms with Gasteiger partial charge in [-0.25, -0.2) is 0 Å². The van der Waals surface area contributed by atoms with Crippen LogP contribution in [0.4, 0.5) is 0 Å². The first-order chi connectivity index (χ1) is 13.5. The summed E-state index contributed by atoms with van der Waals surface area (Å²) in [6, 6.07) is 13.9. The monoisotopic (exact) mass is 396 g/mol. The molecule has 6 nitrogen and oxygen atoms in total. The minimum absolute atomic E-state index is 0.206. The van der Waals surface area contributed by atoms with E-state index in [1.165, 1.54) is 5.56 Å². The number of hydrogen-bond acceptors (Lipinski definition) is 5. The van der Waals surface area contributed by atoms with Crippen LogP contribution >= 0.6 is 12.2 Å². The maximum absolute atomic E-state index is 5.92. The number of nitrogens with zero attached hydrogens (tertiary/aromatic N) is 3. The lowest BCUT2D eigenvalue weighted by atomic mass is 10.2. The number of nitrogens with one attached hydrogen (secondary N) is 1. The zero-order valence-electron chi connectivity index (χ0n) is 16.5. The Kier molecular flexibility index (Phi) is 6.26. The number of aromatic amines is 1. The average molecular weight is 397 g/mol. The highest BCUT2D eigenvalue weighted by Gasteiger charge is 2.09. The van der Waals surface area contributed by atoms with E-state index in [0.717, 1.165) is 17.0 Å². The molecule has 28 heavy (non-hydrogen) atoms. The van der Waals surface area contributed by atoms with E-state index in [2.05, 4.69) is 46.5 Å². The Morgan fingerprint density at radius 1 is 1.18 bits per heavy atom. The van der Waals surface area contributed by atoms with Crippen molar-refractivity contribution in [1.29, 1.82) is 0 Å². The molecule has 0 spiro atoms. The first-order valence-electron chi connectivity index (χ1n) is 9.06. The molecule has 0 unspecified atom stereocenters. The third-order valence-corrected chi connectivity index (χ3v) is 4.48. The molecular weight excluding hydrogens is 372 g/mol. The van der Waals surface area contributed by atoms with Crippen molar-refractivity contribution in [1.82, 2.24) is 14.9 Å². The summed E-state index contributed by atoms with van der Waals surface area (Å²) < 4.78 is 13.5. The first-order valence-corrected chi connectivity index (χ1v) is 9.47. The van der Waals surface area contributed by atoms with Crippen LogP contribution in [0.15, 0.2) is 47.6 Å². The highest BCUT2D eigenvalue weighted by molar-refractivity contribution is 7.71. The summed E-state index contributed by atoms with van der Waals surface area (Å²) in [6.45, 7) is 6.63. The van der Waals surface area contributed by atoms with Crippen molar-refractivity contribution in [2.45, 2.75) is 33.3 Å². The van der Waals surface area contributed by atoms with Gasteiger partial charge in [0.2, 0.25) is 4.77 Å². The molecule has 1 N–H and O–H groups in total. The van der Waals surface area contributed by atoms with Gasteiger partial charge in [-0.2, -0.15) is 14.9 Å². The number of H-pyrrole nitrogens is 1. The van der Waals surface area contributed by atoms with E-state index in [1.54, 1.807) is 18.0 Å². The van der Waals surface area contributed by atoms with Crippen molar-refractivity contribution in [3.8, 4) is 11.5 Å². The minimum Gasteiger partial charge on any atom is -0.493 e. The van der Waals surface area contributed by atoms with E-state index < -0.39 is 0 Å². The molecular formula is C21H24N4O2S. The van der Waals surface area contributed by atoms with Gasteiger partial charge in [-0.05, 0) is 48.5 Å². The van der Waals surface area contributed by atoms with E-state index in [-0.39, 0.29) is 5.92 Å². The molecule has 1 heterocycles. The first kappa shape index (κ1) is 19.8. The molecule has 0 amide bonds. The largest absolute Gasteiger partial charge is 0.493 e. The third-order valence-electron chi connectivity index (χ3n) is 4.22. The average Bonchev–Trinajstić information content (AvgIpc) is 3.07. The lowest BCUT2D eigenvalue weighted by molar-refractivity contribution is 0.284. The van der Waals surface area contributed by atoms with Gasteiger partial charge in [-0.3, -0.25) is 5.10 Å². The molecule has 146 valence electrons. The number of methoxy groups -OCH3 is 1. The van der Waals surface area contributed by atoms with Crippen molar-refractivity contribution in [3.05, 3.63) is 69.8 Å². The number of hydrogen-bond donors (Lipinski definition) is 1. The van der Waals surface area contributed by atoms with Crippen LogP contribution in [0.3, 0.4) is 0 Å². The molecule has 0 bridgehead atoms. The van der Waals surface area contributed by atoms with Crippen LogP contribution in [0.1, 0.15) is 42.3 Å². The van der Waals surface area contributed by atoms with Gasteiger partial charge in [-0.1, -0.05) is 43.7 Å². The fourth-order valence-corrected chi connectivity index (χ4v) is 2.83. The summed E-state index contributed by atoms with van der Waals surface area (Å²) in [4.78, 5) is 0. The topological polar surface area (TPSA) is 64.4 Å². The van der Waals surface area contributed by atoms with Crippen LogP contribution in [0, 0.1) is 11.7 Å². The number of aromatic nitrogens is 3. The van der Waals surface area contributed by atoms with Crippen LogP contribution in [0.25, 0.3) is 0 Å². The molecule has 0 saturated carbocycles. The summed E-state index contributed by atoms with van der Waals surface area (Å²) in [5.41, 5.74) is 3.20. The molecule has 0 saturated heterocycles. The highest BCUT2D eigenvalue weighted by Crippen LogP contribution is 2.28. The van der Waals surface area contributed by atoms with Gasteiger partial charge in [0.25, 0.3) is 0 Å². The van der Waals surface area contributed by atoms with Crippen LogP contribution in [0.5, 0.6) is 11.5 Å². The van der Waals surface area contributed by atoms with Gasteiger partial charge in [0, 0.05) is 5.92 Å². The van der Waals surface area contributed by atoms with Crippen LogP contribution < -0.4 is 9.47 Å². The second-order valence-corrected chi connectivity index (χ2v) is 7.17. The van der Waals surface area contributed by atoms with Crippen LogP contribution in [0.2, 0.25) is 0 Å². The second-order valence-electron chi connectivity index (χ2n) is 6.78. The summed E-state index contributed by atoms with van der Waals surface area (Å²) >= 11 is 5.25. The van der Waals surface area contributed by atoms with Gasteiger partial charge in [0.05, 0.1) is 13.3 Å². The third kappa shape index (κ3) is 4.67. The summed E-state index contributed by atoms with van der Waals surface area (Å²) in [7, 11) is 1.62. The number of rotatable bonds is 7. The van der Waals surface area contributed by atoms with Crippen molar-refractivity contribution in [2.24, 2.45) is 5.10 Å². The van der Waals surface area contributed by atoms with Crippen molar-refractivity contribution in [3.63, 3.8) is 0 Å². The molecule has 2 aromatic carbocycles. The van der Waals surface area contributed by atoms with Crippen LogP contribution in [-0.2, 0) is 6.61 Å². The van der Waals surface area contributed by atoms with E-state index in [1.807, 2.05) is 32.0 Å². The molecule has 0 aliphatic heterocycles. The van der Waals surface area contributed by atoms with Crippen LogP contribution in [-0.4, -0.2) is 28.2 Å². The number of aryl methyl sites for hydroxylation is 1. The maximum Gasteiger partial charge on any atom is 0.216 e. The quantitative estimate of drug-likeness (QED) is 0.458. The summed E-state index contributed by atoms with van der Waals surface area (Å²) in [5.74, 6) is 2.32. The Morgan fingerprint density at radius 3 is 2.61 bits per heavy atom. The Bertz CT molecular complexity index is 1020. The van der Waals surface area contributed by atoms with E-state index in [4.69, 9.17) is 21.7 Å². The Hall–Kier alpha value is -2.93. The minimum atomic E-state index is 0.206. The molecule has 0 aliphatic rings. The van der Waals surface area contributed by atoms with E-state index in [9.17, 15) is 0 Å². The van der Waals surface area contributed by atoms with Gasteiger partial charge < -0.3 is 9.47 Å². The SMILES string of the molecule is COc1cc(/C=N/n2c(C(C)C)n[nH]c2=S)ccc1OCc1ccc(C)cc1. The van der Waals surface area contributed by atoms with E-state index in [0.29, 0.717) is 22.9 Å². The maximum atomic E-state index is 5.92. The molecule has 0 aliphatic carbocycles. The van der Waals surface area contributed by atoms with Crippen molar-refractivity contribution < 1.29 is 9.47 Å². The standard InChI is InChI=1S/C21H24N4O2S/c1-14(2)20-23-24-21(28)25(20)22-12-17-9-10-18(19(11-17)26-4)27-13-16-7-5-15(3)6-8-16/h5-12,14H,13H2,1-4H3,(H,24,28)/b22-12+. The lowest BCUT2D eigenvalue weighted by Crippen LogP contribution is -2.01. The molecule has 3 rings (SSSR count). The summed E-state index contributed by atoms with van der Waals surface area (Å²) in [6.07, 6.45) is 1.73. The van der Waals surface area contributed by atoms with E-state index >= 15 is 0 Å². The Labute approximate surface area is 169 Å². The molecule has 7 heteroatoms. The van der Waals surface area contributed by atoms with Crippen molar-refractivity contribution in [2.75, 3.05) is 7.11 Å².